The molecule has 1 aromatic rings. The Balaban J connectivity index is 1.89. The normalized spacial score (nSPS) is 16.6. The molecule has 0 saturated carbocycles. The maximum Gasteiger partial charge on any atom is 0.260 e. The van der Waals surface area contributed by atoms with Crippen LogP contribution in [-0.2, 0) is 14.8 Å². The molecule has 2 rings (SSSR count). The molecule has 1 aliphatic heterocycles. The molecule has 0 aromatic heterocycles. The van der Waals surface area contributed by atoms with Crippen LogP contribution < -0.4 is 4.74 Å². The summed E-state index contributed by atoms with van der Waals surface area (Å²) >= 11 is 11.9. The highest BCUT2D eigenvalue weighted by Gasteiger charge is 2.26. The van der Waals surface area contributed by atoms with Gasteiger partial charge in [-0.15, -0.1) is 0 Å². The zero-order valence-electron chi connectivity index (χ0n) is 12.0. The van der Waals surface area contributed by atoms with Crippen molar-refractivity contribution in [2.75, 3.05) is 39.0 Å². The Hall–Kier alpha value is -1.02. The molecule has 1 amide bonds. The summed E-state index contributed by atoms with van der Waals surface area (Å²) < 4.78 is 29.6. The van der Waals surface area contributed by atoms with Crippen LogP contribution in [0.15, 0.2) is 18.2 Å². The van der Waals surface area contributed by atoms with Crippen LogP contribution in [0.4, 0.5) is 0 Å². The van der Waals surface area contributed by atoms with Crippen molar-refractivity contribution in [3.8, 4) is 5.75 Å². The molecule has 22 heavy (non-hydrogen) atoms. The molecule has 0 unspecified atom stereocenters. The van der Waals surface area contributed by atoms with E-state index in [4.69, 9.17) is 27.9 Å². The summed E-state index contributed by atoms with van der Waals surface area (Å²) in [5, 5.41) is 0.671. The summed E-state index contributed by atoms with van der Waals surface area (Å²) in [4.78, 5) is 13.7. The number of sulfonamides is 1. The first kappa shape index (κ1) is 17.3. The van der Waals surface area contributed by atoms with Crippen LogP contribution in [0, 0.1) is 0 Å². The van der Waals surface area contributed by atoms with Crippen molar-refractivity contribution in [1.82, 2.24) is 9.21 Å². The molecular formula is C13H16Cl2N2O4S. The van der Waals surface area contributed by atoms with Crippen LogP contribution in [0.25, 0.3) is 0 Å². The van der Waals surface area contributed by atoms with Crippen molar-refractivity contribution in [2.45, 2.75) is 0 Å². The number of nitrogens with zero attached hydrogens (tertiary/aromatic N) is 2. The van der Waals surface area contributed by atoms with Gasteiger partial charge in [-0.2, -0.15) is 4.31 Å². The summed E-state index contributed by atoms with van der Waals surface area (Å²) in [6, 6.07) is 4.93. The Kier molecular flexibility index (Phi) is 5.55. The SMILES string of the molecule is CS(=O)(=O)N1CCN(C(=O)COc2c(Cl)cccc2Cl)CC1. The van der Waals surface area contributed by atoms with Crippen molar-refractivity contribution >= 4 is 39.1 Å². The third-order valence-corrected chi connectivity index (χ3v) is 5.22. The zero-order chi connectivity index (χ0) is 16.3. The fourth-order valence-electron chi connectivity index (χ4n) is 2.11. The maximum absolute atomic E-state index is 12.1. The van der Waals surface area contributed by atoms with Gasteiger partial charge in [-0.25, -0.2) is 8.42 Å². The monoisotopic (exact) mass is 366 g/mol. The van der Waals surface area contributed by atoms with Gasteiger partial charge in [-0.3, -0.25) is 4.79 Å². The average molecular weight is 367 g/mol. The average Bonchev–Trinajstić information content (AvgIpc) is 2.46. The Bertz CT molecular complexity index is 638. The fraction of sp³-hybridized carbons (Fsp3) is 0.462. The Morgan fingerprint density at radius 3 is 2.23 bits per heavy atom. The van der Waals surface area contributed by atoms with Crippen LogP contribution in [0.1, 0.15) is 0 Å². The third kappa shape index (κ3) is 4.25. The number of halogens is 2. The highest BCUT2D eigenvalue weighted by atomic mass is 35.5. The summed E-state index contributed by atoms with van der Waals surface area (Å²) in [5.74, 6) is 0.0399. The highest BCUT2D eigenvalue weighted by molar-refractivity contribution is 7.88. The minimum Gasteiger partial charge on any atom is -0.481 e. The first-order chi connectivity index (χ1) is 10.3. The highest BCUT2D eigenvalue weighted by Crippen LogP contribution is 2.32. The van der Waals surface area contributed by atoms with Crippen molar-refractivity contribution in [3.63, 3.8) is 0 Å². The maximum atomic E-state index is 12.1. The number of benzene rings is 1. The van der Waals surface area contributed by atoms with Crippen molar-refractivity contribution in [3.05, 3.63) is 28.2 Å². The van der Waals surface area contributed by atoms with Crippen LogP contribution in [0.2, 0.25) is 10.0 Å². The predicted octanol–water partition coefficient (Wildman–Crippen LogP) is 1.48. The van der Waals surface area contributed by atoms with E-state index < -0.39 is 10.0 Å². The lowest BCUT2D eigenvalue weighted by Crippen LogP contribution is -2.51. The van der Waals surface area contributed by atoms with Gasteiger partial charge < -0.3 is 9.64 Å². The van der Waals surface area contributed by atoms with E-state index in [9.17, 15) is 13.2 Å². The molecule has 0 aliphatic carbocycles. The zero-order valence-corrected chi connectivity index (χ0v) is 14.3. The van der Waals surface area contributed by atoms with Gasteiger partial charge in [0.25, 0.3) is 5.91 Å². The second-order valence-corrected chi connectivity index (χ2v) is 7.68. The van der Waals surface area contributed by atoms with Crippen molar-refractivity contribution in [2.24, 2.45) is 0 Å². The van der Waals surface area contributed by atoms with E-state index in [-0.39, 0.29) is 31.4 Å². The fourth-order valence-corrected chi connectivity index (χ4v) is 3.45. The van der Waals surface area contributed by atoms with E-state index >= 15 is 0 Å². The van der Waals surface area contributed by atoms with E-state index in [0.29, 0.717) is 23.1 Å². The molecule has 0 radical (unpaired) electrons. The third-order valence-electron chi connectivity index (χ3n) is 3.32. The number of hydrogen-bond acceptors (Lipinski definition) is 4. The van der Waals surface area contributed by atoms with Gasteiger partial charge in [-0.05, 0) is 12.1 Å². The van der Waals surface area contributed by atoms with E-state index in [1.807, 2.05) is 0 Å². The van der Waals surface area contributed by atoms with E-state index in [2.05, 4.69) is 0 Å². The number of hydrogen-bond donors (Lipinski definition) is 0. The molecule has 1 heterocycles. The van der Waals surface area contributed by atoms with Gasteiger partial charge >= 0.3 is 0 Å². The molecule has 1 aliphatic rings. The Morgan fingerprint density at radius 2 is 1.73 bits per heavy atom. The van der Waals surface area contributed by atoms with Crippen LogP contribution in [0.5, 0.6) is 5.75 Å². The number of para-hydroxylation sites is 1. The van der Waals surface area contributed by atoms with Gasteiger partial charge in [0.15, 0.2) is 12.4 Å². The molecule has 122 valence electrons. The number of ether oxygens (including phenoxy) is 1. The molecule has 0 atom stereocenters. The van der Waals surface area contributed by atoms with Gasteiger partial charge in [-0.1, -0.05) is 29.3 Å². The summed E-state index contributed by atoms with van der Waals surface area (Å²) in [5.41, 5.74) is 0. The second kappa shape index (κ2) is 7.04. The van der Waals surface area contributed by atoms with Crippen LogP contribution in [-0.4, -0.2) is 62.6 Å². The van der Waals surface area contributed by atoms with E-state index in [0.717, 1.165) is 6.26 Å². The van der Waals surface area contributed by atoms with Gasteiger partial charge in [0, 0.05) is 26.2 Å². The molecule has 6 nitrogen and oxygen atoms in total. The second-order valence-electron chi connectivity index (χ2n) is 4.88. The number of carbonyl (C=O) groups is 1. The van der Waals surface area contributed by atoms with E-state index in [1.54, 1.807) is 23.1 Å². The molecular weight excluding hydrogens is 351 g/mol. The molecule has 0 spiro atoms. The number of rotatable bonds is 4. The van der Waals surface area contributed by atoms with Crippen LogP contribution in [0.3, 0.4) is 0 Å². The molecule has 1 fully saturated rings. The Morgan fingerprint density at radius 1 is 1.18 bits per heavy atom. The smallest absolute Gasteiger partial charge is 0.260 e. The lowest BCUT2D eigenvalue weighted by molar-refractivity contribution is -0.134. The summed E-state index contributed by atoms with van der Waals surface area (Å²) in [7, 11) is -3.21. The van der Waals surface area contributed by atoms with Crippen LogP contribution >= 0.6 is 23.2 Å². The summed E-state index contributed by atoms with van der Waals surface area (Å²) in [6.07, 6.45) is 1.16. The molecule has 9 heteroatoms. The largest absolute Gasteiger partial charge is 0.481 e. The van der Waals surface area contributed by atoms with Crippen molar-refractivity contribution in [1.29, 1.82) is 0 Å². The van der Waals surface area contributed by atoms with Gasteiger partial charge in [0.2, 0.25) is 10.0 Å². The molecule has 1 aromatic carbocycles. The lowest BCUT2D eigenvalue weighted by atomic mass is 10.3. The van der Waals surface area contributed by atoms with Gasteiger partial charge in [0.1, 0.15) is 0 Å². The first-order valence-corrected chi connectivity index (χ1v) is 9.19. The minimum absolute atomic E-state index is 0.192. The number of carbonyl (C=O) groups excluding carboxylic acids is 1. The molecule has 1 saturated heterocycles. The lowest BCUT2D eigenvalue weighted by Gasteiger charge is -2.33. The summed E-state index contributed by atoms with van der Waals surface area (Å²) in [6.45, 7) is 1.06. The molecule has 0 N–H and O–H groups in total. The predicted molar refractivity (Wildman–Crippen MR) is 85.0 cm³/mol. The standard InChI is InChI=1S/C13H16Cl2N2O4S/c1-22(19,20)17-7-5-16(6-8-17)12(18)9-21-13-10(14)3-2-4-11(13)15/h2-4H,5-9H2,1H3. The topological polar surface area (TPSA) is 66.9 Å². The first-order valence-electron chi connectivity index (χ1n) is 6.59. The molecule has 0 bridgehead atoms. The number of amides is 1. The number of piperazine rings is 1. The minimum atomic E-state index is -3.21. The van der Waals surface area contributed by atoms with E-state index in [1.165, 1.54) is 4.31 Å². The van der Waals surface area contributed by atoms with Gasteiger partial charge in [0.05, 0.1) is 16.3 Å². The van der Waals surface area contributed by atoms with Crippen molar-refractivity contribution < 1.29 is 17.9 Å². The Labute approximate surface area is 139 Å². The quantitative estimate of drug-likeness (QED) is 0.809.